The zero-order chi connectivity index (χ0) is 12.0. The van der Waals surface area contributed by atoms with Crippen molar-refractivity contribution in [3.63, 3.8) is 0 Å². The van der Waals surface area contributed by atoms with Crippen molar-refractivity contribution in [1.29, 1.82) is 1.28 Å². The summed E-state index contributed by atoms with van der Waals surface area (Å²) in [5.74, 6) is 0. The molecule has 0 aromatic carbocycles. The molecule has 0 rings (SSSR count). The average Bonchev–Trinajstić information content (AvgIpc) is 1.77. The van der Waals surface area contributed by atoms with Crippen molar-refractivity contribution in [2.45, 2.75) is 77.8 Å². The van der Waals surface area contributed by atoms with E-state index in [0.717, 1.165) is 0 Å². The summed E-state index contributed by atoms with van der Waals surface area (Å²) >= 11 is 0. The summed E-state index contributed by atoms with van der Waals surface area (Å²) in [6, 6.07) is 0. The van der Waals surface area contributed by atoms with Gasteiger partial charge in [-0.25, -0.2) is 0 Å². The van der Waals surface area contributed by atoms with Gasteiger partial charge in [-0.15, -0.1) is 0 Å². The summed E-state index contributed by atoms with van der Waals surface area (Å²) in [5, 5.41) is 0.302. The molecule has 0 fully saturated rings. The zero-order valence-electron chi connectivity index (χ0n) is 11.9. The third kappa shape index (κ3) is 3.98. The molecule has 0 unspecified atom stereocenters. The molecule has 0 atom stereocenters. The fourth-order valence-corrected chi connectivity index (χ4v) is 9.06. The molecule has 0 aliphatic heterocycles. The Morgan fingerprint density at radius 1 is 0.615 bits per heavy atom. The van der Waals surface area contributed by atoms with Gasteiger partial charge in [0.05, 0.1) is 15.5 Å². The van der Waals surface area contributed by atoms with E-state index < -0.39 is 7.87 Å². The number of rotatable bonds is 0. The molecule has 13 heavy (non-hydrogen) atoms. The van der Waals surface area contributed by atoms with Crippen molar-refractivity contribution < 1.29 is 0 Å². The van der Waals surface area contributed by atoms with Crippen LogP contribution in [0.25, 0.3) is 0 Å². The van der Waals surface area contributed by atoms with E-state index in [2.05, 4.69) is 62.3 Å². The van der Waals surface area contributed by atoms with Crippen molar-refractivity contribution in [3.05, 3.63) is 0 Å². The molecular formula is C12H28P+. The molecule has 0 spiro atoms. The fourth-order valence-electron chi connectivity index (χ4n) is 3.02. The monoisotopic (exact) mass is 204 g/mol. The van der Waals surface area contributed by atoms with E-state index in [0.29, 0.717) is 0 Å². The van der Waals surface area contributed by atoms with Crippen LogP contribution in [0.1, 0.15) is 62.3 Å². The summed E-state index contributed by atoms with van der Waals surface area (Å²) in [7, 11) is -1.77. The molecule has 0 bridgehead atoms. The lowest BCUT2D eigenvalue weighted by molar-refractivity contribution is 0.644. The van der Waals surface area contributed by atoms with Gasteiger partial charge < -0.3 is 0 Å². The molecule has 0 heterocycles. The maximum absolute atomic E-state index is 8.99. The van der Waals surface area contributed by atoms with Crippen LogP contribution in [0.5, 0.6) is 0 Å². The van der Waals surface area contributed by atoms with Gasteiger partial charge in [0, 0.05) is 7.87 Å². The van der Waals surface area contributed by atoms with Crippen molar-refractivity contribution in [2.75, 3.05) is 0 Å². The Kier molecular flexibility index (Phi) is 3.13. The lowest BCUT2D eigenvalue weighted by atomic mass is 10.2. The predicted molar refractivity (Wildman–Crippen MR) is 67.6 cm³/mol. The van der Waals surface area contributed by atoms with E-state index in [1.165, 1.54) is 0 Å². The van der Waals surface area contributed by atoms with Crippen molar-refractivity contribution in [2.24, 2.45) is 0 Å². The highest BCUT2D eigenvalue weighted by Gasteiger charge is 2.49. The predicted octanol–water partition coefficient (Wildman–Crippen LogP) is 4.60. The molecule has 1 heteroatoms. The Morgan fingerprint density at radius 2 is 0.769 bits per heavy atom. The summed E-state index contributed by atoms with van der Waals surface area (Å²) in [6.07, 6.45) is 0. The van der Waals surface area contributed by atoms with Crippen LogP contribution in [0.3, 0.4) is 0 Å². The third-order valence-corrected chi connectivity index (χ3v) is 6.04. The maximum Gasteiger partial charge on any atom is 0.270 e. The first-order valence-corrected chi connectivity index (χ1v) is 6.51. The molecule has 0 N–H and O–H groups in total. The fraction of sp³-hybridized carbons (Fsp3) is 1.00. The van der Waals surface area contributed by atoms with Crippen LogP contribution in [-0.2, 0) is 0 Å². The maximum atomic E-state index is 8.99. The van der Waals surface area contributed by atoms with E-state index in [9.17, 15) is 0 Å². The Labute approximate surface area is 87.5 Å². The van der Waals surface area contributed by atoms with Crippen LogP contribution >= 0.6 is 7.87 Å². The van der Waals surface area contributed by atoms with Gasteiger partial charge in [-0.05, 0) is 62.3 Å². The summed E-state index contributed by atoms with van der Waals surface area (Å²) in [4.78, 5) is 0. The molecular weight excluding hydrogens is 175 g/mol. The highest BCUT2D eigenvalue weighted by Crippen LogP contribution is 2.66. The molecule has 0 amide bonds. The van der Waals surface area contributed by atoms with Gasteiger partial charge in [0.25, 0.3) is 1.28 Å². The van der Waals surface area contributed by atoms with Crippen LogP contribution in [0.2, 0.25) is 0 Å². The quantitative estimate of drug-likeness (QED) is 0.506. The molecule has 0 aliphatic rings. The first-order chi connectivity index (χ1) is 5.75. The first-order valence-electron chi connectivity index (χ1n) is 5.62. The minimum absolute atomic E-state index is 0.101. The second-order valence-corrected chi connectivity index (χ2v) is 11.5. The minimum atomic E-state index is -1.77. The van der Waals surface area contributed by atoms with Crippen LogP contribution in [0.4, 0.5) is 0 Å². The van der Waals surface area contributed by atoms with Gasteiger partial charge in [0.15, 0.2) is 0 Å². The van der Waals surface area contributed by atoms with Crippen LogP contribution < -0.4 is 0 Å². The van der Waals surface area contributed by atoms with Crippen LogP contribution in [0.15, 0.2) is 0 Å². The molecule has 0 radical (unpaired) electrons. The minimum Gasteiger partial charge on any atom is -0.0261 e. The van der Waals surface area contributed by atoms with Gasteiger partial charge >= 0.3 is 0 Å². The third-order valence-electron chi connectivity index (χ3n) is 2.01. The molecule has 0 saturated heterocycles. The molecule has 0 aromatic rings. The summed E-state index contributed by atoms with van der Waals surface area (Å²) < 4.78 is 8.99. The molecule has 80 valence electrons. The smallest absolute Gasteiger partial charge is 0.0261 e. The molecule has 0 aliphatic carbocycles. The summed E-state index contributed by atoms with van der Waals surface area (Å²) in [5.41, 5.74) is 0. The lowest BCUT2D eigenvalue weighted by Gasteiger charge is -2.42. The van der Waals surface area contributed by atoms with Crippen molar-refractivity contribution in [3.8, 4) is 0 Å². The van der Waals surface area contributed by atoms with Crippen LogP contribution in [-0.4, -0.2) is 16.7 Å². The van der Waals surface area contributed by atoms with Gasteiger partial charge in [-0.2, -0.15) is 0 Å². The van der Waals surface area contributed by atoms with Gasteiger partial charge in [0.1, 0.15) is 0 Å². The molecule has 0 aromatic heterocycles. The van der Waals surface area contributed by atoms with E-state index in [-0.39, 0.29) is 15.5 Å². The van der Waals surface area contributed by atoms with Crippen molar-refractivity contribution in [1.82, 2.24) is 0 Å². The normalized spacial score (nSPS) is 17.2. The standard InChI is InChI=1S/C12H27P/c1-10(2,3)13(11(4,5)6)12(7,8)9/h1-9H3/p+1/i/hD. The Hall–Kier alpha value is 0.430. The van der Waals surface area contributed by atoms with Gasteiger partial charge in [-0.3, -0.25) is 0 Å². The van der Waals surface area contributed by atoms with Gasteiger partial charge in [-0.1, -0.05) is 0 Å². The second kappa shape index (κ2) is 3.54. The summed E-state index contributed by atoms with van der Waals surface area (Å²) in [6.45, 7) is 20.0. The Balaban J connectivity index is 5.54. The van der Waals surface area contributed by atoms with Gasteiger partial charge in [0.2, 0.25) is 0 Å². The highest BCUT2D eigenvalue weighted by atomic mass is 31.1. The first kappa shape index (κ1) is 11.5. The average molecular weight is 204 g/mol. The highest BCUT2D eigenvalue weighted by molar-refractivity contribution is 7.62. The SMILES string of the molecule is [2H][P+](C(C)(C)C)(C(C)(C)C)C(C)(C)C. The lowest BCUT2D eigenvalue weighted by Crippen LogP contribution is -2.34. The van der Waals surface area contributed by atoms with Crippen molar-refractivity contribution >= 4 is 7.87 Å². The second-order valence-electron chi connectivity index (χ2n) is 6.85. The van der Waals surface area contributed by atoms with E-state index in [1.807, 2.05) is 0 Å². The Morgan fingerprint density at radius 3 is 0.769 bits per heavy atom. The van der Waals surface area contributed by atoms with E-state index in [4.69, 9.17) is 1.28 Å². The Bertz CT molecular complexity index is 164. The zero-order valence-corrected chi connectivity index (χ0v) is 11.8. The van der Waals surface area contributed by atoms with E-state index >= 15 is 0 Å². The largest absolute Gasteiger partial charge is 0.270 e. The molecule has 0 nitrogen and oxygen atoms in total. The van der Waals surface area contributed by atoms with E-state index in [1.54, 1.807) is 0 Å². The number of hydrogen-bond acceptors (Lipinski definition) is 0. The molecule has 0 saturated carbocycles. The topological polar surface area (TPSA) is 0 Å². The van der Waals surface area contributed by atoms with Crippen LogP contribution in [0, 0.1) is 0 Å². The number of hydrogen-bond donors (Lipinski definition) is 0.